The highest BCUT2D eigenvalue weighted by Gasteiger charge is 2.51. The van der Waals surface area contributed by atoms with Gasteiger partial charge in [0.1, 0.15) is 0 Å². The molecule has 1 unspecified atom stereocenters. The predicted octanol–water partition coefficient (Wildman–Crippen LogP) is 3.17. The topological polar surface area (TPSA) is 65.0 Å². The van der Waals surface area contributed by atoms with Crippen molar-refractivity contribution in [1.82, 2.24) is 0 Å². The highest BCUT2D eigenvalue weighted by molar-refractivity contribution is 6.62. The number of methoxy groups -OCH3 is 1. The molecule has 154 valence electrons. The molecule has 1 saturated heterocycles. The zero-order chi connectivity index (χ0) is 20.7. The van der Waals surface area contributed by atoms with Gasteiger partial charge in [-0.1, -0.05) is 24.3 Å². The van der Waals surface area contributed by atoms with Crippen LogP contribution >= 0.6 is 0 Å². The van der Waals surface area contributed by atoms with Crippen LogP contribution in [0.3, 0.4) is 0 Å². The quantitative estimate of drug-likeness (QED) is 0.634. The molecule has 3 rings (SSSR count). The molecule has 5 nitrogen and oxygen atoms in total. The fraction of sp³-hybridized carbons (Fsp3) is 0.682. The summed E-state index contributed by atoms with van der Waals surface area (Å²) in [5.74, 6) is -0.0521. The van der Waals surface area contributed by atoms with Gasteiger partial charge in [0, 0.05) is 0 Å². The first-order valence-electron chi connectivity index (χ1n) is 10.2. The van der Waals surface area contributed by atoms with Crippen molar-refractivity contribution < 1.29 is 23.9 Å². The molecule has 1 atom stereocenters. The average Bonchev–Trinajstić information content (AvgIpc) is 2.88. The van der Waals surface area contributed by atoms with Crippen LogP contribution in [0.2, 0.25) is 0 Å². The maximum Gasteiger partial charge on any atom is 0.494 e. The largest absolute Gasteiger partial charge is 0.494 e. The molecule has 1 aliphatic carbocycles. The molecule has 1 aromatic carbocycles. The molecule has 6 heteroatoms. The molecular formula is C22H33BO5. The number of carbonyl (C=O) groups excluding carboxylic acids is 1. The van der Waals surface area contributed by atoms with Gasteiger partial charge in [0.15, 0.2) is 0 Å². The van der Waals surface area contributed by atoms with Gasteiger partial charge in [0.05, 0.1) is 29.8 Å². The van der Waals surface area contributed by atoms with Gasteiger partial charge in [-0.05, 0) is 77.2 Å². The Morgan fingerprint density at radius 1 is 1.07 bits per heavy atom. The normalized spacial score (nSPS) is 28.6. The molecule has 0 aromatic heterocycles. The van der Waals surface area contributed by atoms with Gasteiger partial charge in [0.2, 0.25) is 0 Å². The first-order chi connectivity index (χ1) is 13.0. The third-order valence-corrected chi connectivity index (χ3v) is 7.08. The number of aliphatic hydroxyl groups is 1. The van der Waals surface area contributed by atoms with Crippen LogP contribution in [0.25, 0.3) is 0 Å². The van der Waals surface area contributed by atoms with Gasteiger partial charge in [0.25, 0.3) is 0 Å². The Balaban J connectivity index is 1.69. The van der Waals surface area contributed by atoms with Crippen molar-refractivity contribution in [2.45, 2.75) is 77.1 Å². The molecule has 1 aromatic rings. The molecule has 1 saturated carbocycles. The van der Waals surface area contributed by atoms with Gasteiger partial charge >= 0.3 is 13.1 Å². The monoisotopic (exact) mass is 388 g/mol. The number of hydrogen-bond acceptors (Lipinski definition) is 5. The van der Waals surface area contributed by atoms with Gasteiger partial charge in [-0.2, -0.15) is 0 Å². The maximum absolute atomic E-state index is 11.7. The summed E-state index contributed by atoms with van der Waals surface area (Å²) in [6.07, 6.45) is 3.15. The Bertz CT molecular complexity index is 686. The summed E-state index contributed by atoms with van der Waals surface area (Å²) in [6.45, 7) is 10.0. The van der Waals surface area contributed by atoms with Crippen LogP contribution in [-0.4, -0.2) is 36.5 Å². The lowest BCUT2D eigenvalue weighted by Crippen LogP contribution is -2.41. The predicted molar refractivity (Wildman–Crippen MR) is 109 cm³/mol. The van der Waals surface area contributed by atoms with Gasteiger partial charge in [-0.25, -0.2) is 0 Å². The van der Waals surface area contributed by atoms with Crippen LogP contribution in [0.15, 0.2) is 24.3 Å². The number of benzene rings is 1. The van der Waals surface area contributed by atoms with Crippen molar-refractivity contribution in [3.63, 3.8) is 0 Å². The first kappa shape index (κ1) is 21.3. The van der Waals surface area contributed by atoms with Crippen molar-refractivity contribution in [3.8, 4) is 0 Å². The van der Waals surface area contributed by atoms with Gasteiger partial charge < -0.3 is 19.2 Å². The molecule has 0 spiro atoms. The van der Waals surface area contributed by atoms with E-state index in [1.165, 1.54) is 7.11 Å². The van der Waals surface area contributed by atoms with Crippen molar-refractivity contribution >= 4 is 18.6 Å². The molecule has 2 aliphatic rings. The second kappa shape index (κ2) is 7.47. The van der Waals surface area contributed by atoms with E-state index in [9.17, 15) is 9.90 Å². The van der Waals surface area contributed by atoms with E-state index in [1.54, 1.807) is 0 Å². The second-order valence-electron chi connectivity index (χ2n) is 9.43. The maximum atomic E-state index is 11.7. The Kier molecular flexibility index (Phi) is 5.70. The summed E-state index contributed by atoms with van der Waals surface area (Å²) in [5.41, 5.74) is 0.150. The van der Waals surface area contributed by atoms with Crippen molar-refractivity contribution in [3.05, 3.63) is 29.8 Å². The molecule has 1 N–H and O–H groups in total. The third kappa shape index (κ3) is 3.87. The van der Waals surface area contributed by atoms with E-state index >= 15 is 0 Å². The summed E-state index contributed by atoms with van der Waals surface area (Å²) >= 11 is 0. The number of rotatable bonds is 4. The van der Waals surface area contributed by atoms with Crippen LogP contribution in [-0.2, 0) is 24.4 Å². The Labute approximate surface area is 168 Å². The minimum atomic E-state index is -0.935. The lowest BCUT2D eigenvalue weighted by Gasteiger charge is -2.38. The number of hydrogen-bond donors (Lipinski definition) is 1. The van der Waals surface area contributed by atoms with E-state index in [-0.39, 0.29) is 29.0 Å². The highest BCUT2D eigenvalue weighted by Crippen LogP contribution is 2.41. The SMILES string of the molecule is COC(=O)C1CCC(C(C)(O)c2ccc(B3OC(C)(C)C(C)(C)O3)cc2)CC1. The zero-order valence-corrected chi connectivity index (χ0v) is 18.0. The molecule has 0 amide bonds. The van der Waals surface area contributed by atoms with E-state index in [2.05, 4.69) is 0 Å². The number of esters is 1. The molecule has 1 heterocycles. The number of carbonyl (C=O) groups is 1. The van der Waals surface area contributed by atoms with E-state index in [0.717, 1.165) is 36.7 Å². The van der Waals surface area contributed by atoms with E-state index < -0.39 is 12.7 Å². The molecule has 1 aliphatic heterocycles. The zero-order valence-electron chi connectivity index (χ0n) is 18.0. The molecule has 0 radical (unpaired) electrons. The molecule has 2 fully saturated rings. The van der Waals surface area contributed by atoms with Gasteiger partial charge in [-0.15, -0.1) is 0 Å². The standard InChI is InChI=1S/C22H33BO5/c1-20(2)21(3,4)28-23(27-20)18-13-11-17(12-14-18)22(5,25)16-9-7-15(8-10-16)19(24)26-6/h11-16,25H,7-10H2,1-6H3. The van der Waals surface area contributed by atoms with Crippen LogP contribution in [0.5, 0.6) is 0 Å². The highest BCUT2D eigenvalue weighted by atomic mass is 16.7. The van der Waals surface area contributed by atoms with Crippen LogP contribution < -0.4 is 5.46 Å². The average molecular weight is 388 g/mol. The lowest BCUT2D eigenvalue weighted by atomic mass is 9.70. The minimum absolute atomic E-state index is 0.0391. The van der Waals surface area contributed by atoms with E-state index in [0.29, 0.717) is 0 Å². The summed E-state index contributed by atoms with van der Waals surface area (Å²) in [4.78, 5) is 11.7. The number of ether oxygens (including phenoxy) is 1. The van der Waals surface area contributed by atoms with Crippen molar-refractivity contribution in [2.24, 2.45) is 11.8 Å². The fourth-order valence-electron chi connectivity index (χ4n) is 4.25. The summed E-state index contributed by atoms with van der Waals surface area (Å²) in [7, 11) is 1.03. The molecule has 28 heavy (non-hydrogen) atoms. The minimum Gasteiger partial charge on any atom is -0.469 e. The summed E-state index contributed by atoms with van der Waals surface area (Å²) in [5, 5.41) is 11.2. The molecule has 0 bridgehead atoms. The van der Waals surface area contributed by atoms with Crippen LogP contribution in [0, 0.1) is 11.8 Å². The van der Waals surface area contributed by atoms with Gasteiger partial charge in [-0.3, -0.25) is 4.79 Å². The lowest BCUT2D eigenvalue weighted by molar-refractivity contribution is -0.147. The van der Waals surface area contributed by atoms with E-state index in [4.69, 9.17) is 14.0 Å². The van der Waals surface area contributed by atoms with E-state index in [1.807, 2.05) is 58.9 Å². The van der Waals surface area contributed by atoms with Crippen LogP contribution in [0.4, 0.5) is 0 Å². The molecular weight excluding hydrogens is 355 g/mol. The van der Waals surface area contributed by atoms with Crippen LogP contribution in [0.1, 0.15) is 65.9 Å². The fourth-order valence-corrected chi connectivity index (χ4v) is 4.25. The Morgan fingerprint density at radius 2 is 1.57 bits per heavy atom. The third-order valence-electron chi connectivity index (χ3n) is 7.08. The van der Waals surface area contributed by atoms with Crippen molar-refractivity contribution in [1.29, 1.82) is 0 Å². The van der Waals surface area contributed by atoms with Crippen molar-refractivity contribution in [2.75, 3.05) is 7.11 Å². The smallest absolute Gasteiger partial charge is 0.469 e. The Morgan fingerprint density at radius 3 is 2.04 bits per heavy atom. The second-order valence-corrected chi connectivity index (χ2v) is 9.43. The summed E-state index contributed by atoms with van der Waals surface area (Å²) in [6, 6.07) is 7.89. The first-order valence-corrected chi connectivity index (χ1v) is 10.2. The summed E-state index contributed by atoms with van der Waals surface area (Å²) < 4.78 is 17.1. The Hall–Kier alpha value is -1.37.